The van der Waals surface area contributed by atoms with Crippen molar-refractivity contribution in [1.29, 1.82) is 0 Å². The molecule has 0 unspecified atom stereocenters. The van der Waals surface area contributed by atoms with Crippen LogP contribution in [0.25, 0.3) is 0 Å². The lowest BCUT2D eigenvalue weighted by Crippen LogP contribution is -2.01. The molecule has 5 heteroatoms. The lowest BCUT2D eigenvalue weighted by atomic mass is 10.2. The van der Waals surface area contributed by atoms with Crippen molar-refractivity contribution in [3.8, 4) is 6.01 Å². The molecule has 0 atom stereocenters. The molecule has 0 aliphatic heterocycles. The fourth-order valence-electron chi connectivity index (χ4n) is 1.20. The second-order valence-electron chi connectivity index (χ2n) is 3.18. The molecule has 0 aliphatic rings. The Labute approximate surface area is 102 Å². The summed E-state index contributed by atoms with van der Waals surface area (Å²) in [7, 11) is 0. The van der Waals surface area contributed by atoms with Crippen molar-refractivity contribution in [3.63, 3.8) is 0 Å². The molecule has 0 bridgehead atoms. The molecule has 2 aromatic rings. The van der Waals surface area contributed by atoms with Gasteiger partial charge in [0.15, 0.2) is 0 Å². The summed E-state index contributed by atoms with van der Waals surface area (Å²) < 4.78 is 6.42. The van der Waals surface area contributed by atoms with Crippen LogP contribution in [0.2, 0.25) is 0 Å². The fourth-order valence-corrected chi connectivity index (χ4v) is 1.64. The summed E-state index contributed by atoms with van der Waals surface area (Å²) in [6.07, 6.45) is 1.57. The number of anilines is 1. The maximum atomic E-state index is 5.51. The number of benzene rings is 1. The van der Waals surface area contributed by atoms with E-state index < -0.39 is 0 Å². The van der Waals surface area contributed by atoms with Crippen LogP contribution in [0.1, 0.15) is 5.56 Å². The highest BCUT2D eigenvalue weighted by Gasteiger charge is 1.99. The number of rotatable bonds is 3. The topological polar surface area (TPSA) is 61.0 Å². The van der Waals surface area contributed by atoms with Crippen molar-refractivity contribution in [3.05, 3.63) is 46.6 Å². The Balaban J connectivity index is 2.02. The van der Waals surface area contributed by atoms with Crippen LogP contribution in [0.3, 0.4) is 0 Å². The molecule has 1 heterocycles. The molecule has 82 valence electrons. The second-order valence-corrected chi connectivity index (χ2v) is 4.10. The Morgan fingerprint density at radius 2 is 2.19 bits per heavy atom. The molecule has 4 nitrogen and oxygen atoms in total. The van der Waals surface area contributed by atoms with E-state index in [4.69, 9.17) is 10.5 Å². The van der Waals surface area contributed by atoms with Crippen molar-refractivity contribution in [2.24, 2.45) is 0 Å². The first-order valence-corrected chi connectivity index (χ1v) is 5.49. The smallest absolute Gasteiger partial charge is 0.318 e. The summed E-state index contributed by atoms with van der Waals surface area (Å²) in [6.45, 7) is 0.420. The SMILES string of the molecule is Nc1ccnc(OCc2cccc(Br)c2)n1. The summed E-state index contributed by atoms with van der Waals surface area (Å²) in [5, 5.41) is 0. The fraction of sp³-hybridized carbons (Fsp3) is 0.0909. The highest BCUT2D eigenvalue weighted by molar-refractivity contribution is 9.10. The third kappa shape index (κ3) is 2.93. The Morgan fingerprint density at radius 1 is 1.31 bits per heavy atom. The van der Waals surface area contributed by atoms with E-state index in [-0.39, 0.29) is 0 Å². The first-order valence-electron chi connectivity index (χ1n) is 4.70. The van der Waals surface area contributed by atoms with Crippen LogP contribution in [0.5, 0.6) is 6.01 Å². The van der Waals surface area contributed by atoms with E-state index in [9.17, 15) is 0 Å². The van der Waals surface area contributed by atoms with E-state index in [2.05, 4.69) is 25.9 Å². The number of nitrogens with zero attached hydrogens (tertiary/aromatic N) is 2. The third-order valence-corrected chi connectivity index (χ3v) is 2.41. The monoisotopic (exact) mass is 279 g/mol. The van der Waals surface area contributed by atoms with E-state index in [0.29, 0.717) is 18.4 Å². The molecule has 0 saturated carbocycles. The van der Waals surface area contributed by atoms with Crippen LogP contribution in [-0.2, 0) is 6.61 Å². The van der Waals surface area contributed by atoms with Gasteiger partial charge in [-0.05, 0) is 23.8 Å². The van der Waals surface area contributed by atoms with Crippen molar-refractivity contribution in [2.45, 2.75) is 6.61 Å². The quantitative estimate of drug-likeness (QED) is 0.937. The number of aromatic nitrogens is 2. The molecule has 0 radical (unpaired) electrons. The zero-order valence-corrected chi connectivity index (χ0v) is 10.0. The second kappa shape index (κ2) is 4.94. The third-order valence-electron chi connectivity index (χ3n) is 1.91. The predicted octanol–water partition coefficient (Wildman–Crippen LogP) is 2.40. The van der Waals surface area contributed by atoms with Gasteiger partial charge in [0, 0.05) is 10.7 Å². The summed E-state index contributed by atoms with van der Waals surface area (Å²) in [6, 6.07) is 9.76. The summed E-state index contributed by atoms with van der Waals surface area (Å²) >= 11 is 3.39. The molecule has 1 aromatic carbocycles. The normalized spacial score (nSPS) is 10.1. The summed E-state index contributed by atoms with van der Waals surface area (Å²) in [5.74, 6) is 0.402. The molecular weight excluding hydrogens is 270 g/mol. The first kappa shape index (κ1) is 10.9. The number of nitrogen functional groups attached to an aromatic ring is 1. The zero-order chi connectivity index (χ0) is 11.4. The number of halogens is 1. The number of hydrogen-bond acceptors (Lipinski definition) is 4. The van der Waals surface area contributed by atoms with Crippen LogP contribution < -0.4 is 10.5 Å². The molecule has 1 aromatic heterocycles. The summed E-state index contributed by atoms with van der Waals surface area (Å²) in [4.78, 5) is 7.90. The molecule has 2 rings (SSSR count). The Bertz CT molecular complexity index is 445. The summed E-state index contributed by atoms with van der Waals surface area (Å²) in [5.41, 5.74) is 6.56. The van der Waals surface area contributed by atoms with E-state index in [1.807, 2.05) is 24.3 Å². The highest BCUT2D eigenvalue weighted by atomic mass is 79.9. The van der Waals surface area contributed by atoms with Gasteiger partial charge in [0.2, 0.25) is 0 Å². The lowest BCUT2D eigenvalue weighted by Gasteiger charge is -2.04. The average molecular weight is 280 g/mol. The van der Waals surface area contributed by atoms with Gasteiger partial charge in [0.1, 0.15) is 12.4 Å². The van der Waals surface area contributed by atoms with Gasteiger partial charge in [-0.1, -0.05) is 28.1 Å². The Hall–Kier alpha value is -1.62. The van der Waals surface area contributed by atoms with Gasteiger partial charge < -0.3 is 10.5 Å². The maximum absolute atomic E-state index is 5.51. The van der Waals surface area contributed by atoms with Crippen molar-refractivity contribution in [1.82, 2.24) is 9.97 Å². The standard InChI is InChI=1S/C11H10BrN3O/c12-9-3-1-2-8(6-9)7-16-11-14-5-4-10(13)15-11/h1-6H,7H2,(H2,13,14,15). The Morgan fingerprint density at radius 3 is 2.94 bits per heavy atom. The van der Waals surface area contributed by atoms with Crippen molar-refractivity contribution < 1.29 is 4.74 Å². The molecule has 0 aliphatic carbocycles. The highest BCUT2D eigenvalue weighted by Crippen LogP contribution is 2.13. The van der Waals surface area contributed by atoms with E-state index in [1.54, 1.807) is 12.3 Å². The molecule has 0 amide bonds. The number of ether oxygens (including phenoxy) is 1. The van der Waals surface area contributed by atoms with E-state index in [0.717, 1.165) is 10.0 Å². The van der Waals surface area contributed by atoms with Gasteiger partial charge in [-0.3, -0.25) is 0 Å². The average Bonchev–Trinajstić information content (AvgIpc) is 2.27. The number of hydrogen-bond donors (Lipinski definition) is 1. The molecule has 16 heavy (non-hydrogen) atoms. The minimum atomic E-state index is 0.292. The van der Waals surface area contributed by atoms with Crippen LogP contribution >= 0.6 is 15.9 Å². The molecule has 0 spiro atoms. The first-order chi connectivity index (χ1) is 7.74. The van der Waals surface area contributed by atoms with Gasteiger partial charge >= 0.3 is 6.01 Å². The van der Waals surface area contributed by atoms with Crippen LogP contribution in [0.15, 0.2) is 41.0 Å². The van der Waals surface area contributed by atoms with Crippen molar-refractivity contribution >= 4 is 21.7 Å². The molecular formula is C11H10BrN3O. The molecule has 0 saturated heterocycles. The van der Waals surface area contributed by atoms with E-state index in [1.165, 1.54) is 0 Å². The van der Waals surface area contributed by atoms with Gasteiger partial charge in [0.05, 0.1) is 0 Å². The minimum Gasteiger partial charge on any atom is -0.459 e. The lowest BCUT2D eigenvalue weighted by molar-refractivity contribution is 0.281. The van der Waals surface area contributed by atoms with Gasteiger partial charge in [-0.25, -0.2) is 4.98 Å². The van der Waals surface area contributed by atoms with Crippen molar-refractivity contribution in [2.75, 3.05) is 5.73 Å². The zero-order valence-electron chi connectivity index (χ0n) is 8.43. The predicted molar refractivity (Wildman–Crippen MR) is 64.9 cm³/mol. The van der Waals surface area contributed by atoms with Crippen LogP contribution in [0, 0.1) is 0 Å². The van der Waals surface area contributed by atoms with Gasteiger partial charge in [-0.2, -0.15) is 4.98 Å². The van der Waals surface area contributed by atoms with Gasteiger partial charge in [0.25, 0.3) is 0 Å². The Kier molecular flexibility index (Phi) is 3.36. The molecule has 2 N–H and O–H groups in total. The maximum Gasteiger partial charge on any atom is 0.318 e. The van der Waals surface area contributed by atoms with Crippen LogP contribution in [-0.4, -0.2) is 9.97 Å². The van der Waals surface area contributed by atoms with E-state index >= 15 is 0 Å². The number of nitrogens with two attached hydrogens (primary N) is 1. The van der Waals surface area contributed by atoms with Gasteiger partial charge in [-0.15, -0.1) is 0 Å². The molecule has 0 fully saturated rings. The largest absolute Gasteiger partial charge is 0.459 e. The minimum absolute atomic E-state index is 0.292. The van der Waals surface area contributed by atoms with Crippen LogP contribution in [0.4, 0.5) is 5.82 Å².